The Bertz CT molecular complexity index is 1550. The third-order valence-corrected chi connectivity index (χ3v) is 14.1. The van der Waals surface area contributed by atoms with Crippen LogP contribution < -0.4 is 0 Å². The Balaban J connectivity index is 4.74. The number of hydrogen-bond acceptors (Lipinski definition) is 10. The van der Waals surface area contributed by atoms with Crippen molar-refractivity contribution in [1.82, 2.24) is 0 Å². The van der Waals surface area contributed by atoms with Crippen LogP contribution in [0.4, 0.5) is 0 Å². The van der Waals surface area contributed by atoms with Gasteiger partial charge in [0.2, 0.25) is 0 Å². The fourth-order valence-electron chi connectivity index (χ4n) is 8.44. The molecule has 3 atom stereocenters. The van der Waals surface area contributed by atoms with Gasteiger partial charge in [-0.3, -0.25) is 23.4 Å². The molecule has 0 radical (unpaired) electrons. The molecule has 0 saturated carbocycles. The Morgan fingerprint density at radius 3 is 1.08 bits per heavy atom. The first-order chi connectivity index (χ1) is 37.2. The highest BCUT2D eigenvalue weighted by Crippen LogP contribution is 2.43. The monoisotopic (exact) mass is 1090 g/mol. The van der Waals surface area contributed by atoms with E-state index in [1.54, 1.807) is 0 Å². The quantitative estimate of drug-likeness (QED) is 0.0197. The number of phosphoric acid groups is 1. The van der Waals surface area contributed by atoms with E-state index in [2.05, 4.69) is 93.7 Å². The third kappa shape index (κ3) is 55.7. The molecular formula is C64H113O11P. The van der Waals surface area contributed by atoms with Crippen molar-refractivity contribution in [2.45, 2.75) is 290 Å². The molecule has 0 heterocycles. The molecule has 3 unspecified atom stereocenters. The predicted molar refractivity (Wildman–Crippen MR) is 316 cm³/mol. The molecule has 0 rings (SSSR count). The van der Waals surface area contributed by atoms with Crippen LogP contribution in [-0.2, 0) is 42.2 Å². The van der Waals surface area contributed by atoms with Crippen LogP contribution in [0.5, 0.6) is 0 Å². The van der Waals surface area contributed by atoms with Gasteiger partial charge in [0, 0.05) is 19.3 Å². The second kappa shape index (κ2) is 58.1. The van der Waals surface area contributed by atoms with E-state index in [0.717, 1.165) is 122 Å². The van der Waals surface area contributed by atoms with Crippen LogP contribution in [0, 0.1) is 0 Å². The zero-order valence-corrected chi connectivity index (χ0v) is 49.6. The number of unbranched alkanes of at least 4 members (excludes halogenated alkanes) is 28. The lowest BCUT2D eigenvalue weighted by Gasteiger charge is -2.21. The van der Waals surface area contributed by atoms with Crippen molar-refractivity contribution in [1.29, 1.82) is 0 Å². The molecule has 11 nitrogen and oxygen atoms in total. The van der Waals surface area contributed by atoms with Gasteiger partial charge in [-0.05, 0) is 89.9 Å². The number of carbonyl (C=O) groups is 3. The molecule has 0 aliphatic heterocycles. The molecule has 2 N–H and O–H groups in total. The number of esters is 3. The van der Waals surface area contributed by atoms with Gasteiger partial charge >= 0.3 is 25.7 Å². The van der Waals surface area contributed by atoms with Crippen molar-refractivity contribution < 1.29 is 52.2 Å². The first-order valence-electron chi connectivity index (χ1n) is 30.8. The molecule has 0 spiro atoms. The summed E-state index contributed by atoms with van der Waals surface area (Å²) < 4.78 is 39.6. The first-order valence-corrected chi connectivity index (χ1v) is 32.3. The summed E-state index contributed by atoms with van der Waals surface area (Å²) in [7, 11) is -4.76. The van der Waals surface area contributed by atoms with E-state index in [4.69, 9.17) is 23.3 Å². The van der Waals surface area contributed by atoms with Gasteiger partial charge in [0.15, 0.2) is 6.10 Å². The maximum atomic E-state index is 12.9. The van der Waals surface area contributed by atoms with Crippen LogP contribution in [-0.4, -0.2) is 66.5 Å². The SMILES string of the molecule is CC/C=C\C/C=C\C/C=C\C/C=C\CCCCCCCCC(=O)OCC(COP(=O)(O)OCC(CO)OC(=O)CCCCCCCCCCCCCCC)OC(=O)CCCCCCCCC/C=C\C/C=C\CCCCC. The van der Waals surface area contributed by atoms with Gasteiger partial charge in [-0.15, -0.1) is 0 Å². The largest absolute Gasteiger partial charge is 0.472 e. The maximum absolute atomic E-state index is 12.9. The van der Waals surface area contributed by atoms with E-state index in [1.807, 2.05) is 0 Å². The summed E-state index contributed by atoms with van der Waals surface area (Å²) in [6.45, 7) is 4.51. The highest BCUT2D eigenvalue weighted by molar-refractivity contribution is 7.47. The number of ether oxygens (including phenoxy) is 3. The molecule has 0 aliphatic rings. The Kier molecular flexibility index (Phi) is 55.7. The fraction of sp³-hybridized carbons (Fsp3) is 0.766. The summed E-state index contributed by atoms with van der Waals surface area (Å²) in [5, 5.41) is 9.83. The van der Waals surface area contributed by atoms with E-state index in [0.29, 0.717) is 19.3 Å². The minimum atomic E-state index is -4.76. The average molecular weight is 1090 g/mol. The molecule has 0 fully saturated rings. The molecule has 440 valence electrons. The number of aliphatic hydroxyl groups excluding tert-OH is 1. The van der Waals surface area contributed by atoms with Gasteiger partial charge in [-0.25, -0.2) is 4.57 Å². The lowest BCUT2D eigenvalue weighted by atomic mass is 10.0. The van der Waals surface area contributed by atoms with Crippen LogP contribution in [0.3, 0.4) is 0 Å². The highest BCUT2D eigenvalue weighted by atomic mass is 31.2. The number of aliphatic hydroxyl groups is 1. The van der Waals surface area contributed by atoms with Crippen LogP contribution in [0.2, 0.25) is 0 Å². The fourth-order valence-corrected chi connectivity index (χ4v) is 9.22. The standard InChI is InChI=1S/C64H113O11P/c1-4-7-10-13-16-19-22-25-27-29-30-32-33-36-38-41-44-47-50-53-62(66)71-57-61(75-64(68)55-52-49-46-43-40-37-34-31-28-26-23-20-17-14-11-8-5-2)59-73-76(69,70)72-58-60(56-65)74-63(67)54-51-48-45-42-39-35-24-21-18-15-12-9-6-3/h7,10,16-17,19-20,25-28,30,32,60-61,65H,4-6,8-9,11-15,18,21-24,29,31,33-59H2,1-3H3,(H,69,70)/b10-7-,19-16-,20-17-,27-25-,28-26-,32-30-. The number of hydrogen-bond donors (Lipinski definition) is 2. The molecule has 0 amide bonds. The predicted octanol–water partition coefficient (Wildman–Crippen LogP) is 18.5. The van der Waals surface area contributed by atoms with Gasteiger partial charge in [0.05, 0.1) is 19.8 Å². The molecule has 0 bridgehead atoms. The van der Waals surface area contributed by atoms with E-state index in [9.17, 15) is 28.9 Å². The summed E-state index contributed by atoms with van der Waals surface area (Å²) in [6, 6.07) is 0. The molecule has 0 aromatic carbocycles. The van der Waals surface area contributed by atoms with Gasteiger partial charge in [0.1, 0.15) is 12.7 Å². The lowest BCUT2D eigenvalue weighted by Crippen LogP contribution is -2.30. The Morgan fingerprint density at radius 2 is 0.684 bits per heavy atom. The minimum Gasteiger partial charge on any atom is -0.462 e. The van der Waals surface area contributed by atoms with Crippen LogP contribution in [0.15, 0.2) is 72.9 Å². The minimum absolute atomic E-state index is 0.155. The number of phosphoric ester groups is 1. The molecule has 76 heavy (non-hydrogen) atoms. The van der Waals surface area contributed by atoms with Crippen molar-refractivity contribution in [2.75, 3.05) is 26.4 Å². The first kappa shape index (κ1) is 72.9. The maximum Gasteiger partial charge on any atom is 0.472 e. The Hall–Kier alpha value is -3.08. The second-order valence-electron chi connectivity index (χ2n) is 20.5. The number of allylic oxidation sites excluding steroid dienone is 12. The zero-order valence-electron chi connectivity index (χ0n) is 48.7. The molecule has 0 saturated heterocycles. The molecule has 12 heteroatoms. The van der Waals surface area contributed by atoms with Gasteiger partial charge < -0.3 is 24.2 Å². The van der Waals surface area contributed by atoms with Gasteiger partial charge in [0.25, 0.3) is 0 Å². The summed E-state index contributed by atoms with van der Waals surface area (Å²) in [5.41, 5.74) is 0. The van der Waals surface area contributed by atoms with Gasteiger partial charge in [-0.1, -0.05) is 241 Å². The number of rotatable bonds is 57. The van der Waals surface area contributed by atoms with E-state index >= 15 is 0 Å². The molecular weight excluding hydrogens is 976 g/mol. The Morgan fingerprint density at radius 1 is 0.382 bits per heavy atom. The zero-order chi connectivity index (χ0) is 55.5. The number of carbonyl (C=O) groups excluding carboxylic acids is 3. The van der Waals surface area contributed by atoms with Crippen LogP contribution >= 0.6 is 7.82 Å². The van der Waals surface area contributed by atoms with Crippen LogP contribution in [0.25, 0.3) is 0 Å². The molecule has 0 aromatic heterocycles. The summed E-state index contributed by atoms with van der Waals surface area (Å²) >= 11 is 0. The van der Waals surface area contributed by atoms with Gasteiger partial charge in [-0.2, -0.15) is 0 Å². The smallest absolute Gasteiger partial charge is 0.462 e. The third-order valence-electron chi connectivity index (χ3n) is 13.1. The van der Waals surface area contributed by atoms with Crippen molar-refractivity contribution in [3.8, 4) is 0 Å². The Labute approximate surface area is 465 Å². The van der Waals surface area contributed by atoms with E-state index in [1.165, 1.54) is 96.3 Å². The van der Waals surface area contributed by atoms with Crippen molar-refractivity contribution in [2.24, 2.45) is 0 Å². The topological polar surface area (TPSA) is 155 Å². The molecule has 0 aromatic rings. The van der Waals surface area contributed by atoms with Crippen LogP contribution in [0.1, 0.15) is 278 Å². The van der Waals surface area contributed by atoms with E-state index < -0.39 is 57.8 Å². The highest BCUT2D eigenvalue weighted by Gasteiger charge is 2.28. The summed E-state index contributed by atoms with van der Waals surface area (Å²) in [6.07, 6.45) is 65.6. The lowest BCUT2D eigenvalue weighted by molar-refractivity contribution is -0.161. The van der Waals surface area contributed by atoms with Crippen molar-refractivity contribution in [3.63, 3.8) is 0 Å². The second-order valence-corrected chi connectivity index (χ2v) is 21.9. The normalized spacial score (nSPS) is 13.8. The van der Waals surface area contributed by atoms with Crippen molar-refractivity contribution >= 4 is 25.7 Å². The average Bonchev–Trinajstić information content (AvgIpc) is 3.41. The molecule has 0 aliphatic carbocycles. The van der Waals surface area contributed by atoms with Crippen molar-refractivity contribution in [3.05, 3.63) is 72.9 Å². The van der Waals surface area contributed by atoms with E-state index in [-0.39, 0.29) is 25.9 Å². The summed E-state index contributed by atoms with van der Waals surface area (Å²) in [4.78, 5) is 48.7. The summed E-state index contributed by atoms with van der Waals surface area (Å²) in [5.74, 6) is -1.48.